The number of likely N-dealkylation sites (N-methyl/N-ethyl adjacent to an activating group) is 1. The Morgan fingerprint density at radius 1 is 1.00 bits per heavy atom. The van der Waals surface area contributed by atoms with E-state index in [1.165, 1.54) is 4.31 Å². The highest BCUT2D eigenvalue weighted by Crippen LogP contribution is 2.27. The lowest BCUT2D eigenvalue weighted by Crippen LogP contribution is -2.45. The summed E-state index contributed by atoms with van der Waals surface area (Å²) in [5.41, 5.74) is 1.10. The first-order valence-corrected chi connectivity index (χ1v) is 9.81. The molecule has 8 heteroatoms. The molecule has 134 valence electrons. The minimum atomic E-state index is -3.41. The zero-order valence-electron chi connectivity index (χ0n) is 13.8. The molecule has 0 aromatic heterocycles. The highest BCUT2D eigenvalue weighted by molar-refractivity contribution is 7.89. The minimum Gasteiger partial charge on any atom is -0.304 e. The number of benzene rings is 1. The van der Waals surface area contributed by atoms with Gasteiger partial charge in [0.25, 0.3) is 0 Å². The van der Waals surface area contributed by atoms with Gasteiger partial charge in [-0.25, -0.2) is 17.2 Å². The highest BCUT2D eigenvalue weighted by Gasteiger charge is 2.30. The third kappa shape index (κ3) is 3.93. The van der Waals surface area contributed by atoms with Crippen molar-refractivity contribution in [2.45, 2.75) is 19.5 Å². The molecule has 0 spiro atoms. The van der Waals surface area contributed by atoms with Gasteiger partial charge in [-0.3, -0.25) is 0 Å². The lowest BCUT2D eigenvalue weighted by molar-refractivity contribution is 0.154. The lowest BCUT2D eigenvalue weighted by Gasteiger charge is -2.32. The second kappa shape index (κ2) is 7.03. The summed E-state index contributed by atoms with van der Waals surface area (Å²) in [6.07, 6.45) is 0.571. The van der Waals surface area contributed by atoms with Crippen molar-refractivity contribution in [3.8, 4) is 0 Å². The molecule has 1 aromatic rings. The van der Waals surface area contributed by atoms with E-state index in [4.69, 9.17) is 0 Å². The van der Waals surface area contributed by atoms with Gasteiger partial charge in [-0.2, -0.15) is 4.31 Å². The van der Waals surface area contributed by atoms with Crippen LogP contribution in [0.25, 0.3) is 0 Å². The second-order valence-electron chi connectivity index (χ2n) is 6.62. The van der Waals surface area contributed by atoms with Crippen molar-refractivity contribution in [2.75, 3.05) is 45.5 Å². The first kappa shape index (κ1) is 17.7. The number of hydrogen-bond donors (Lipinski definition) is 0. The van der Waals surface area contributed by atoms with E-state index < -0.39 is 21.7 Å². The van der Waals surface area contributed by atoms with Crippen molar-refractivity contribution in [1.29, 1.82) is 0 Å². The van der Waals surface area contributed by atoms with E-state index in [9.17, 15) is 17.2 Å². The summed E-state index contributed by atoms with van der Waals surface area (Å²) in [6.45, 7) is 4.95. The van der Waals surface area contributed by atoms with Gasteiger partial charge in [0.05, 0.1) is 5.75 Å². The molecule has 0 atom stereocenters. The SMILES string of the molecule is CN1CCN(CCCS(=O)(=O)N2Cc3cc(F)c(F)cc3C2)CC1. The van der Waals surface area contributed by atoms with Crippen molar-refractivity contribution >= 4 is 10.0 Å². The molecular weight excluding hydrogens is 336 g/mol. The minimum absolute atomic E-state index is 0.0678. The molecule has 2 aliphatic rings. The van der Waals surface area contributed by atoms with E-state index in [0.29, 0.717) is 17.5 Å². The Labute approximate surface area is 141 Å². The van der Waals surface area contributed by atoms with Crippen LogP contribution in [0.15, 0.2) is 12.1 Å². The van der Waals surface area contributed by atoms with Gasteiger partial charge in [0, 0.05) is 39.3 Å². The van der Waals surface area contributed by atoms with Crippen molar-refractivity contribution in [3.05, 3.63) is 34.9 Å². The Morgan fingerprint density at radius 3 is 2.08 bits per heavy atom. The molecule has 2 heterocycles. The van der Waals surface area contributed by atoms with Gasteiger partial charge in [0.1, 0.15) is 0 Å². The summed E-state index contributed by atoms with van der Waals surface area (Å²) < 4.78 is 52.8. The largest absolute Gasteiger partial charge is 0.304 e. The molecule has 1 saturated heterocycles. The Hall–Kier alpha value is -1.09. The first-order chi connectivity index (χ1) is 11.3. The topological polar surface area (TPSA) is 43.9 Å². The van der Waals surface area contributed by atoms with E-state index in [-0.39, 0.29) is 18.8 Å². The normalized spacial score (nSPS) is 20.5. The maximum atomic E-state index is 13.3. The van der Waals surface area contributed by atoms with Crippen LogP contribution in [0.2, 0.25) is 0 Å². The molecule has 24 heavy (non-hydrogen) atoms. The molecule has 1 aromatic carbocycles. The van der Waals surface area contributed by atoms with E-state index in [1.54, 1.807) is 0 Å². The molecule has 5 nitrogen and oxygen atoms in total. The van der Waals surface area contributed by atoms with Gasteiger partial charge >= 0.3 is 0 Å². The van der Waals surface area contributed by atoms with Crippen LogP contribution in [0.5, 0.6) is 0 Å². The lowest BCUT2D eigenvalue weighted by atomic mass is 10.1. The van der Waals surface area contributed by atoms with Crippen molar-refractivity contribution in [1.82, 2.24) is 14.1 Å². The Balaban J connectivity index is 1.53. The van der Waals surface area contributed by atoms with Crippen LogP contribution in [0, 0.1) is 11.6 Å². The van der Waals surface area contributed by atoms with E-state index in [2.05, 4.69) is 16.8 Å². The molecule has 2 aliphatic heterocycles. The maximum absolute atomic E-state index is 13.3. The quantitative estimate of drug-likeness (QED) is 0.794. The molecule has 0 bridgehead atoms. The molecule has 0 aliphatic carbocycles. The summed E-state index contributed by atoms with van der Waals surface area (Å²) in [6, 6.07) is 2.20. The van der Waals surface area contributed by atoms with Crippen LogP contribution in [0.3, 0.4) is 0 Å². The Morgan fingerprint density at radius 2 is 1.54 bits per heavy atom. The fourth-order valence-corrected chi connectivity index (χ4v) is 4.65. The molecule has 0 unspecified atom stereocenters. The molecule has 0 amide bonds. The van der Waals surface area contributed by atoms with Crippen LogP contribution in [0.1, 0.15) is 17.5 Å². The van der Waals surface area contributed by atoms with E-state index in [1.807, 2.05) is 0 Å². The fraction of sp³-hybridized carbons (Fsp3) is 0.625. The number of nitrogens with zero attached hydrogens (tertiary/aromatic N) is 3. The average molecular weight is 359 g/mol. The third-order valence-corrected chi connectivity index (χ3v) is 6.65. The summed E-state index contributed by atoms with van der Waals surface area (Å²) in [5.74, 6) is -1.79. The smallest absolute Gasteiger partial charge is 0.214 e. The summed E-state index contributed by atoms with van der Waals surface area (Å²) in [7, 11) is -1.33. The summed E-state index contributed by atoms with van der Waals surface area (Å²) >= 11 is 0. The third-order valence-electron chi connectivity index (χ3n) is 4.80. The van der Waals surface area contributed by atoms with Crippen molar-refractivity contribution < 1.29 is 17.2 Å². The van der Waals surface area contributed by atoms with Crippen LogP contribution in [0.4, 0.5) is 8.78 Å². The number of sulfonamides is 1. The summed E-state index contributed by atoms with van der Waals surface area (Å²) in [4.78, 5) is 4.53. The first-order valence-electron chi connectivity index (χ1n) is 8.21. The number of piperazine rings is 1. The second-order valence-corrected chi connectivity index (χ2v) is 8.71. The van der Waals surface area contributed by atoms with E-state index in [0.717, 1.165) is 44.9 Å². The Kier molecular flexibility index (Phi) is 5.19. The van der Waals surface area contributed by atoms with Gasteiger partial charge in [0.15, 0.2) is 11.6 Å². The molecule has 0 radical (unpaired) electrons. The molecule has 0 N–H and O–H groups in total. The number of halogens is 2. The van der Waals surface area contributed by atoms with E-state index >= 15 is 0 Å². The zero-order chi connectivity index (χ0) is 17.3. The predicted molar refractivity (Wildman–Crippen MR) is 87.9 cm³/mol. The maximum Gasteiger partial charge on any atom is 0.214 e. The van der Waals surface area contributed by atoms with Crippen LogP contribution in [-0.4, -0.2) is 68.0 Å². The van der Waals surface area contributed by atoms with Crippen molar-refractivity contribution in [2.24, 2.45) is 0 Å². The van der Waals surface area contributed by atoms with Gasteiger partial charge in [-0.1, -0.05) is 0 Å². The average Bonchev–Trinajstić information content (AvgIpc) is 2.93. The van der Waals surface area contributed by atoms with Crippen LogP contribution in [-0.2, 0) is 23.1 Å². The molecule has 3 rings (SSSR count). The van der Waals surface area contributed by atoms with Crippen molar-refractivity contribution in [3.63, 3.8) is 0 Å². The van der Waals surface area contributed by atoms with Gasteiger partial charge in [-0.15, -0.1) is 0 Å². The predicted octanol–water partition coefficient (Wildman–Crippen LogP) is 1.25. The van der Waals surface area contributed by atoms with Gasteiger partial charge in [0.2, 0.25) is 10.0 Å². The molecular formula is C16H23F2N3O2S. The van der Waals surface area contributed by atoms with Crippen LogP contribution >= 0.6 is 0 Å². The number of rotatable bonds is 5. The summed E-state index contributed by atoms with van der Waals surface area (Å²) in [5, 5.41) is 0. The van der Waals surface area contributed by atoms with Gasteiger partial charge in [-0.05, 0) is 43.3 Å². The zero-order valence-corrected chi connectivity index (χ0v) is 14.7. The Bertz CT molecular complexity index is 673. The van der Waals surface area contributed by atoms with Crippen LogP contribution < -0.4 is 0 Å². The number of hydrogen-bond acceptors (Lipinski definition) is 4. The molecule has 1 fully saturated rings. The monoisotopic (exact) mass is 359 g/mol. The molecule has 0 saturated carbocycles. The van der Waals surface area contributed by atoms with Gasteiger partial charge < -0.3 is 9.80 Å². The number of fused-ring (bicyclic) bond motifs is 1. The highest BCUT2D eigenvalue weighted by atomic mass is 32.2. The fourth-order valence-electron chi connectivity index (χ4n) is 3.23. The standard InChI is InChI=1S/C16H23F2N3O2S/c1-19-4-6-20(7-5-19)3-2-8-24(22,23)21-11-13-9-15(17)16(18)10-14(13)12-21/h9-10H,2-8,11-12H2,1H3.